The van der Waals surface area contributed by atoms with Gasteiger partial charge in [0.05, 0.1) is 0 Å². The van der Waals surface area contributed by atoms with Gasteiger partial charge in [-0.15, -0.1) is 0 Å². The second-order valence-corrected chi connectivity index (χ2v) is 10.3. The van der Waals surface area contributed by atoms with E-state index in [1.54, 1.807) is 12.4 Å². The van der Waals surface area contributed by atoms with Crippen LogP contribution < -0.4 is 10.6 Å². The summed E-state index contributed by atoms with van der Waals surface area (Å²) in [5.41, 5.74) is 1.59. The zero-order valence-corrected chi connectivity index (χ0v) is 18.7. The molecule has 0 aliphatic heterocycles. The first-order chi connectivity index (χ1) is 14.7. The van der Waals surface area contributed by atoms with Crippen LogP contribution in [0.1, 0.15) is 71.1 Å². The van der Waals surface area contributed by atoms with Gasteiger partial charge in [-0.3, -0.25) is 4.98 Å². The van der Waals surface area contributed by atoms with Crippen LogP contribution in [0.5, 0.6) is 0 Å². The van der Waals surface area contributed by atoms with Crippen LogP contribution in [0.4, 0.5) is 10.5 Å². The van der Waals surface area contributed by atoms with Crippen molar-refractivity contribution in [2.75, 3.05) is 31.5 Å². The van der Waals surface area contributed by atoms with Crippen LogP contribution in [0.3, 0.4) is 0 Å². The van der Waals surface area contributed by atoms with Gasteiger partial charge in [-0.05, 0) is 86.7 Å². The first-order valence-corrected chi connectivity index (χ1v) is 12.3. The number of aromatic nitrogens is 1. The summed E-state index contributed by atoms with van der Waals surface area (Å²) >= 11 is 0. The molecule has 5 heteroatoms. The first-order valence-electron chi connectivity index (χ1n) is 12.3. The van der Waals surface area contributed by atoms with Crippen LogP contribution in [0.2, 0.25) is 0 Å². The van der Waals surface area contributed by atoms with Crippen LogP contribution in [-0.2, 0) is 0 Å². The molecule has 1 aromatic heterocycles. The molecule has 2 N–H and O–H groups in total. The monoisotopic (exact) mass is 412 g/mol. The standard InChI is InChI=1S/C25H40N4O/c1-2-3-4-8-28-24(30)29(13-11-27-23-5-9-26-10-6-23)12-7-25-17-20-14-21(18-25)16-22(15-20)19-25/h5-6,9-10,20-22H,2-4,7-8,11-19H2,1H3,(H,26,27)(H,28,30). The molecular weight excluding hydrogens is 372 g/mol. The van der Waals surface area contributed by atoms with Crippen LogP contribution in [0.15, 0.2) is 24.5 Å². The summed E-state index contributed by atoms with van der Waals surface area (Å²) in [4.78, 5) is 19.1. The Morgan fingerprint density at radius 1 is 1.03 bits per heavy atom. The highest BCUT2D eigenvalue weighted by Crippen LogP contribution is 2.61. The van der Waals surface area contributed by atoms with Gasteiger partial charge in [-0.2, -0.15) is 0 Å². The summed E-state index contributed by atoms with van der Waals surface area (Å²) in [6.45, 7) is 5.40. The average Bonchev–Trinajstić information content (AvgIpc) is 2.73. The van der Waals surface area contributed by atoms with E-state index >= 15 is 0 Å². The van der Waals surface area contributed by atoms with Crippen molar-refractivity contribution in [3.05, 3.63) is 24.5 Å². The summed E-state index contributed by atoms with van der Waals surface area (Å²) in [6, 6.07) is 4.07. The lowest BCUT2D eigenvalue weighted by molar-refractivity contribution is -0.0595. The molecule has 0 aromatic carbocycles. The molecule has 30 heavy (non-hydrogen) atoms. The number of amides is 2. The fourth-order valence-corrected chi connectivity index (χ4v) is 6.77. The largest absolute Gasteiger partial charge is 0.383 e. The number of hydrogen-bond acceptors (Lipinski definition) is 3. The number of hydrogen-bond donors (Lipinski definition) is 2. The van der Waals surface area contributed by atoms with Gasteiger partial charge >= 0.3 is 6.03 Å². The highest BCUT2D eigenvalue weighted by molar-refractivity contribution is 5.74. The van der Waals surface area contributed by atoms with E-state index in [9.17, 15) is 4.79 Å². The SMILES string of the molecule is CCCCCNC(=O)N(CCNc1ccncc1)CCC12CC3CC(CC(C3)C1)C2. The van der Waals surface area contributed by atoms with E-state index in [-0.39, 0.29) is 6.03 Å². The maximum absolute atomic E-state index is 12.9. The molecule has 4 saturated carbocycles. The molecule has 0 radical (unpaired) electrons. The van der Waals surface area contributed by atoms with E-state index in [1.165, 1.54) is 57.8 Å². The van der Waals surface area contributed by atoms with Gasteiger partial charge in [-0.25, -0.2) is 4.79 Å². The number of urea groups is 1. The van der Waals surface area contributed by atoms with Crippen molar-refractivity contribution in [3.8, 4) is 0 Å². The van der Waals surface area contributed by atoms with Crippen LogP contribution in [0, 0.1) is 23.2 Å². The van der Waals surface area contributed by atoms with E-state index in [2.05, 4.69) is 27.4 Å². The Labute approximate surface area is 182 Å². The molecule has 0 atom stereocenters. The third kappa shape index (κ3) is 5.47. The molecule has 5 rings (SSSR count). The number of carbonyl (C=O) groups is 1. The maximum Gasteiger partial charge on any atom is 0.317 e. The molecule has 0 spiro atoms. The van der Waals surface area contributed by atoms with Crippen LogP contribution in [0.25, 0.3) is 0 Å². The van der Waals surface area contributed by atoms with Gasteiger partial charge in [0.15, 0.2) is 0 Å². The minimum Gasteiger partial charge on any atom is -0.383 e. The maximum atomic E-state index is 12.9. The number of nitrogens with zero attached hydrogens (tertiary/aromatic N) is 2. The molecule has 1 heterocycles. The van der Waals surface area contributed by atoms with Gasteiger partial charge in [0.1, 0.15) is 0 Å². The lowest BCUT2D eigenvalue weighted by Gasteiger charge is -2.57. The average molecular weight is 413 g/mol. The molecule has 4 aliphatic rings. The predicted molar refractivity (Wildman–Crippen MR) is 122 cm³/mol. The number of nitrogens with one attached hydrogen (secondary N) is 2. The van der Waals surface area contributed by atoms with Gasteiger partial charge in [0, 0.05) is 44.3 Å². The Morgan fingerprint density at radius 2 is 1.70 bits per heavy atom. The third-order valence-electron chi connectivity index (χ3n) is 7.81. The number of unbranched alkanes of at least 4 members (excludes halogenated alkanes) is 2. The van der Waals surface area contributed by atoms with Gasteiger partial charge in [0.25, 0.3) is 0 Å². The Morgan fingerprint density at radius 3 is 2.33 bits per heavy atom. The predicted octanol–water partition coefficient (Wildman–Crippen LogP) is 5.30. The van der Waals surface area contributed by atoms with Crippen LogP contribution >= 0.6 is 0 Å². The number of anilines is 1. The molecule has 1 aromatic rings. The van der Waals surface area contributed by atoms with E-state index in [4.69, 9.17) is 0 Å². The topological polar surface area (TPSA) is 57.3 Å². The summed E-state index contributed by atoms with van der Waals surface area (Å²) in [6.07, 6.45) is 16.9. The van der Waals surface area contributed by atoms with Crippen molar-refractivity contribution >= 4 is 11.7 Å². The van der Waals surface area contributed by atoms with Gasteiger partial charge in [0.2, 0.25) is 0 Å². The molecule has 2 amide bonds. The number of rotatable bonds is 11. The van der Waals surface area contributed by atoms with Crippen molar-refractivity contribution in [2.45, 2.75) is 71.1 Å². The molecule has 0 unspecified atom stereocenters. The molecule has 5 nitrogen and oxygen atoms in total. The Bertz CT molecular complexity index is 642. The van der Waals surface area contributed by atoms with Crippen molar-refractivity contribution in [1.82, 2.24) is 15.2 Å². The number of carbonyl (C=O) groups excluding carboxylic acids is 1. The lowest BCUT2D eigenvalue weighted by atomic mass is 9.49. The van der Waals surface area contributed by atoms with E-state index < -0.39 is 0 Å². The Balaban J connectivity index is 1.31. The van der Waals surface area contributed by atoms with E-state index in [0.717, 1.165) is 56.0 Å². The molecule has 0 saturated heterocycles. The zero-order chi connectivity index (χ0) is 20.8. The van der Waals surface area contributed by atoms with Crippen molar-refractivity contribution in [3.63, 3.8) is 0 Å². The van der Waals surface area contributed by atoms with Crippen molar-refractivity contribution in [2.24, 2.45) is 23.2 Å². The Hall–Kier alpha value is -1.78. The quantitative estimate of drug-likeness (QED) is 0.485. The summed E-state index contributed by atoms with van der Waals surface area (Å²) in [7, 11) is 0. The minimum atomic E-state index is 0.118. The zero-order valence-electron chi connectivity index (χ0n) is 18.7. The molecule has 166 valence electrons. The Kier molecular flexibility index (Phi) is 7.16. The van der Waals surface area contributed by atoms with Gasteiger partial charge in [-0.1, -0.05) is 19.8 Å². The molecule has 4 fully saturated rings. The van der Waals surface area contributed by atoms with E-state index in [1.807, 2.05) is 12.1 Å². The minimum absolute atomic E-state index is 0.118. The summed E-state index contributed by atoms with van der Waals surface area (Å²) < 4.78 is 0. The van der Waals surface area contributed by atoms with Crippen molar-refractivity contribution in [1.29, 1.82) is 0 Å². The summed E-state index contributed by atoms with van der Waals surface area (Å²) in [5.74, 6) is 2.92. The second kappa shape index (κ2) is 10.0. The second-order valence-electron chi connectivity index (χ2n) is 10.3. The van der Waals surface area contributed by atoms with Crippen molar-refractivity contribution < 1.29 is 4.79 Å². The number of pyridine rings is 1. The summed E-state index contributed by atoms with van der Waals surface area (Å²) in [5, 5.41) is 6.61. The first kappa shape index (κ1) is 21.5. The molecule has 4 bridgehead atoms. The fourth-order valence-electron chi connectivity index (χ4n) is 6.77. The van der Waals surface area contributed by atoms with Gasteiger partial charge < -0.3 is 15.5 Å². The third-order valence-corrected chi connectivity index (χ3v) is 7.81. The normalized spacial score (nSPS) is 29.0. The molecule has 4 aliphatic carbocycles. The van der Waals surface area contributed by atoms with E-state index in [0.29, 0.717) is 5.41 Å². The smallest absolute Gasteiger partial charge is 0.317 e. The van der Waals surface area contributed by atoms with Crippen LogP contribution in [-0.4, -0.2) is 42.1 Å². The highest BCUT2D eigenvalue weighted by atomic mass is 16.2. The fraction of sp³-hybridized carbons (Fsp3) is 0.760. The lowest BCUT2D eigenvalue weighted by Crippen LogP contribution is -2.49. The highest BCUT2D eigenvalue weighted by Gasteiger charge is 2.50. The molecular formula is C25H40N4O.